The summed E-state index contributed by atoms with van der Waals surface area (Å²) in [5.41, 5.74) is 2.11. The van der Waals surface area contributed by atoms with Gasteiger partial charge in [-0.2, -0.15) is 0 Å². The van der Waals surface area contributed by atoms with Gasteiger partial charge in [0.1, 0.15) is 0 Å². The lowest BCUT2D eigenvalue weighted by Crippen LogP contribution is -2.38. The molecule has 2 heterocycles. The van der Waals surface area contributed by atoms with Crippen molar-refractivity contribution in [3.05, 3.63) is 53.6 Å². The Morgan fingerprint density at radius 2 is 2.07 bits per heavy atom. The van der Waals surface area contributed by atoms with E-state index in [0.717, 1.165) is 28.6 Å². The van der Waals surface area contributed by atoms with Crippen molar-refractivity contribution in [1.82, 2.24) is 4.98 Å². The Hall–Kier alpha value is -2.29. The van der Waals surface area contributed by atoms with E-state index in [-0.39, 0.29) is 28.2 Å². The van der Waals surface area contributed by atoms with E-state index in [9.17, 15) is 13.2 Å². The molecule has 1 fully saturated rings. The third-order valence-electron chi connectivity index (χ3n) is 5.25. The Kier molecular flexibility index (Phi) is 5.90. The first-order chi connectivity index (χ1) is 14.4. The van der Waals surface area contributed by atoms with Gasteiger partial charge in [0.15, 0.2) is 15.0 Å². The van der Waals surface area contributed by atoms with Crippen LogP contribution in [-0.2, 0) is 14.6 Å². The summed E-state index contributed by atoms with van der Waals surface area (Å²) in [6, 6.07) is 12.4. The van der Waals surface area contributed by atoms with E-state index in [1.54, 1.807) is 30.0 Å². The summed E-state index contributed by atoms with van der Waals surface area (Å²) in [5.74, 6) is -0.433. The maximum Gasteiger partial charge on any atom is 0.261 e. The highest BCUT2D eigenvalue weighted by molar-refractivity contribution is 7.91. The molecule has 4 rings (SSSR count). The molecule has 1 unspecified atom stereocenters. The van der Waals surface area contributed by atoms with E-state index in [1.165, 1.54) is 17.4 Å². The van der Waals surface area contributed by atoms with Crippen molar-refractivity contribution in [2.75, 3.05) is 23.8 Å². The zero-order chi connectivity index (χ0) is 21.3. The maximum atomic E-state index is 13.6. The molecule has 30 heavy (non-hydrogen) atoms. The predicted molar refractivity (Wildman–Crippen MR) is 119 cm³/mol. The highest BCUT2D eigenvalue weighted by Gasteiger charge is 2.30. The quantitative estimate of drug-likeness (QED) is 0.569. The van der Waals surface area contributed by atoms with Gasteiger partial charge in [-0.3, -0.25) is 9.69 Å². The van der Waals surface area contributed by atoms with Gasteiger partial charge in [0.2, 0.25) is 0 Å². The van der Waals surface area contributed by atoms with Crippen molar-refractivity contribution in [1.29, 1.82) is 0 Å². The Labute approximate surface area is 180 Å². The number of hydrogen-bond donors (Lipinski definition) is 0. The van der Waals surface area contributed by atoms with E-state index in [0.29, 0.717) is 18.3 Å². The molecule has 0 saturated carbocycles. The lowest BCUT2D eigenvalue weighted by molar-refractivity contribution is 0.0915. The third-order valence-corrected chi connectivity index (χ3v) is 8.08. The second-order valence-corrected chi connectivity index (χ2v) is 10.7. The van der Waals surface area contributed by atoms with E-state index in [2.05, 4.69) is 4.98 Å². The van der Waals surface area contributed by atoms with E-state index in [4.69, 9.17) is 4.74 Å². The Morgan fingerprint density at radius 3 is 2.80 bits per heavy atom. The fraction of sp³-hybridized carbons (Fsp3) is 0.364. The summed E-state index contributed by atoms with van der Waals surface area (Å²) in [6.07, 6.45) is 1.73. The molecule has 1 aliphatic heterocycles. The van der Waals surface area contributed by atoms with Crippen LogP contribution in [0.5, 0.6) is 0 Å². The molecule has 3 aromatic rings. The van der Waals surface area contributed by atoms with Crippen molar-refractivity contribution in [2.24, 2.45) is 0 Å². The highest BCUT2D eigenvalue weighted by atomic mass is 32.2. The smallest absolute Gasteiger partial charge is 0.261 e. The van der Waals surface area contributed by atoms with E-state index >= 15 is 0 Å². The van der Waals surface area contributed by atoms with Gasteiger partial charge in [-0.1, -0.05) is 36.5 Å². The van der Waals surface area contributed by atoms with Gasteiger partial charge in [-0.15, -0.1) is 0 Å². The van der Waals surface area contributed by atoms with Crippen LogP contribution < -0.4 is 4.90 Å². The molecule has 2 aromatic carbocycles. The fourth-order valence-corrected chi connectivity index (χ4v) is 5.75. The van der Waals surface area contributed by atoms with Crippen LogP contribution in [0.4, 0.5) is 5.13 Å². The molecule has 0 aliphatic carbocycles. The second-order valence-electron chi connectivity index (χ2n) is 7.42. The number of fused-ring (bicyclic) bond motifs is 1. The number of benzene rings is 2. The number of nitrogens with zero attached hydrogens (tertiary/aromatic N) is 2. The molecular formula is C22H24N2O4S2. The lowest BCUT2D eigenvalue weighted by Gasteiger charge is -2.24. The average Bonchev–Trinajstić information content (AvgIpc) is 3.40. The highest BCUT2D eigenvalue weighted by Crippen LogP contribution is 2.32. The van der Waals surface area contributed by atoms with Crippen LogP contribution in [0, 0.1) is 6.92 Å². The first kappa shape index (κ1) is 21.0. The van der Waals surface area contributed by atoms with Crippen LogP contribution in [0.1, 0.15) is 35.7 Å². The summed E-state index contributed by atoms with van der Waals surface area (Å²) in [7, 11) is -3.54. The van der Waals surface area contributed by atoms with Crippen LogP contribution in [0.3, 0.4) is 0 Å². The number of aryl methyl sites for hydroxylation is 1. The molecule has 6 nitrogen and oxygen atoms in total. The van der Waals surface area contributed by atoms with Crippen LogP contribution in [0.2, 0.25) is 0 Å². The number of carbonyl (C=O) groups is 1. The minimum absolute atomic E-state index is 0.0618. The molecule has 1 aliphatic rings. The molecule has 1 atom stereocenters. The molecule has 0 N–H and O–H groups in total. The maximum absolute atomic E-state index is 13.6. The summed E-state index contributed by atoms with van der Waals surface area (Å²) >= 11 is 1.43. The standard InChI is InChI=1S/C22H24N2O4S2/c1-3-30(26,27)20-9-5-4-8-17(20)21(25)24(14-16-7-6-12-28-16)22-23-18-11-10-15(2)13-19(18)29-22/h4-5,8-11,13,16H,3,6-7,12,14H2,1-2H3. The monoisotopic (exact) mass is 444 g/mol. The summed E-state index contributed by atoms with van der Waals surface area (Å²) in [5, 5.41) is 0.555. The summed E-state index contributed by atoms with van der Waals surface area (Å²) in [6.45, 7) is 4.61. The Bertz CT molecular complexity index is 1180. The number of carbonyl (C=O) groups excluding carboxylic acids is 1. The molecule has 0 spiro atoms. The summed E-state index contributed by atoms with van der Waals surface area (Å²) in [4.78, 5) is 20.0. The number of thiazole rings is 1. The van der Waals surface area contributed by atoms with E-state index < -0.39 is 9.84 Å². The average molecular weight is 445 g/mol. The van der Waals surface area contributed by atoms with Gasteiger partial charge in [-0.25, -0.2) is 13.4 Å². The Morgan fingerprint density at radius 1 is 1.27 bits per heavy atom. The van der Waals surface area contributed by atoms with Crippen LogP contribution >= 0.6 is 11.3 Å². The number of rotatable bonds is 6. The normalized spacial score (nSPS) is 16.8. The van der Waals surface area contributed by atoms with Crippen LogP contribution in [0.25, 0.3) is 10.2 Å². The largest absolute Gasteiger partial charge is 0.376 e. The van der Waals surface area contributed by atoms with Crippen LogP contribution in [-0.4, -0.2) is 44.3 Å². The molecule has 1 aromatic heterocycles. The topological polar surface area (TPSA) is 76.6 Å². The van der Waals surface area contributed by atoms with Gasteiger partial charge in [0, 0.05) is 6.61 Å². The number of ether oxygens (including phenoxy) is 1. The minimum atomic E-state index is -3.54. The molecule has 8 heteroatoms. The van der Waals surface area contributed by atoms with Gasteiger partial charge >= 0.3 is 0 Å². The zero-order valence-corrected chi connectivity index (χ0v) is 18.6. The zero-order valence-electron chi connectivity index (χ0n) is 17.0. The first-order valence-electron chi connectivity index (χ1n) is 10.0. The van der Waals surface area contributed by atoms with E-state index in [1.807, 2.05) is 25.1 Å². The number of sulfone groups is 1. The number of hydrogen-bond acceptors (Lipinski definition) is 6. The van der Waals surface area contributed by atoms with Gasteiger partial charge < -0.3 is 4.74 Å². The molecule has 1 saturated heterocycles. The molecular weight excluding hydrogens is 420 g/mol. The Balaban J connectivity index is 1.79. The molecule has 158 valence electrons. The van der Waals surface area contributed by atoms with Gasteiger partial charge in [0.25, 0.3) is 5.91 Å². The minimum Gasteiger partial charge on any atom is -0.376 e. The van der Waals surface area contributed by atoms with Crippen LogP contribution in [0.15, 0.2) is 47.4 Å². The lowest BCUT2D eigenvalue weighted by atomic mass is 10.1. The first-order valence-corrected chi connectivity index (χ1v) is 12.5. The van der Waals surface area contributed by atoms with Crippen molar-refractivity contribution < 1.29 is 17.9 Å². The van der Waals surface area contributed by atoms with Gasteiger partial charge in [-0.05, 0) is 49.6 Å². The molecule has 0 radical (unpaired) electrons. The van der Waals surface area contributed by atoms with Crippen molar-refractivity contribution in [3.63, 3.8) is 0 Å². The third kappa shape index (κ3) is 4.12. The van der Waals surface area contributed by atoms with Crippen molar-refractivity contribution in [3.8, 4) is 0 Å². The molecule has 0 bridgehead atoms. The summed E-state index contributed by atoms with van der Waals surface area (Å²) < 4.78 is 32.0. The number of aromatic nitrogens is 1. The fourth-order valence-electron chi connectivity index (χ4n) is 3.59. The number of amides is 1. The number of anilines is 1. The van der Waals surface area contributed by atoms with Crippen molar-refractivity contribution >= 4 is 42.4 Å². The van der Waals surface area contributed by atoms with Crippen molar-refractivity contribution in [2.45, 2.75) is 37.7 Å². The van der Waals surface area contributed by atoms with Gasteiger partial charge in [0.05, 0.1) is 39.1 Å². The second kappa shape index (κ2) is 8.45. The molecule has 1 amide bonds. The SMILES string of the molecule is CCS(=O)(=O)c1ccccc1C(=O)N(CC1CCCO1)c1nc2ccc(C)cc2s1. The predicted octanol–water partition coefficient (Wildman–Crippen LogP) is 4.22.